The first-order valence-corrected chi connectivity index (χ1v) is 8.91. The molecule has 0 saturated carbocycles. The van der Waals surface area contributed by atoms with Gasteiger partial charge in [0.15, 0.2) is 11.6 Å². The molecule has 5 rings (SSSR count). The molecule has 2 aromatic carbocycles. The number of fused-ring (bicyclic) bond motifs is 4. The molecule has 1 spiro atoms. The number of para-hydroxylation sites is 1. The van der Waals surface area contributed by atoms with Gasteiger partial charge in [-0.25, -0.2) is 8.78 Å². The van der Waals surface area contributed by atoms with Gasteiger partial charge in [0.2, 0.25) is 11.7 Å². The van der Waals surface area contributed by atoms with Crippen molar-refractivity contribution in [3.05, 3.63) is 82.8 Å². The fourth-order valence-electron chi connectivity index (χ4n) is 4.10. The van der Waals surface area contributed by atoms with Crippen LogP contribution in [0.5, 0.6) is 5.75 Å². The van der Waals surface area contributed by atoms with Crippen LogP contribution in [0.4, 0.5) is 27.6 Å². The summed E-state index contributed by atoms with van der Waals surface area (Å²) in [6.07, 6.45) is -4.65. The third-order valence-electron chi connectivity index (χ3n) is 5.45. The van der Waals surface area contributed by atoms with Crippen LogP contribution in [0.15, 0.2) is 52.9 Å². The summed E-state index contributed by atoms with van der Waals surface area (Å²) in [4.78, 5) is 14.8. The van der Waals surface area contributed by atoms with Crippen molar-refractivity contribution >= 4 is 11.6 Å². The van der Waals surface area contributed by atoms with E-state index in [1.54, 1.807) is 24.3 Å². The predicted molar refractivity (Wildman–Crippen MR) is 94.0 cm³/mol. The fourth-order valence-corrected chi connectivity index (χ4v) is 4.10. The van der Waals surface area contributed by atoms with E-state index in [9.17, 15) is 26.7 Å². The molecule has 1 atom stereocenters. The largest absolute Gasteiger partial charge is 0.491 e. The molecule has 4 nitrogen and oxygen atoms in total. The SMILES string of the molecule is O=C1N(Cc2ccc(C(F)(F)F)o2)c2ccccc2[C@@]12COc1cc(F)c(F)cc12. The molecule has 0 aliphatic carbocycles. The molecule has 0 fully saturated rings. The molecule has 1 aromatic heterocycles. The summed E-state index contributed by atoms with van der Waals surface area (Å²) < 4.78 is 76.6. The lowest BCUT2D eigenvalue weighted by atomic mass is 9.77. The maximum Gasteiger partial charge on any atom is 0.449 e. The van der Waals surface area contributed by atoms with Crippen LogP contribution in [-0.4, -0.2) is 12.5 Å². The fraction of sp³-hybridized carbons (Fsp3) is 0.190. The van der Waals surface area contributed by atoms with Gasteiger partial charge in [-0.2, -0.15) is 13.2 Å². The number of anilines is 1. The molecular formula is C21H12F5NO3. The normalized spacial score (nSPS) is 19.9. The first-order chi connectivity index (χ1) is 14.2. The van der Waals surface area contributed by atoms with Gasteiger partial charge in [0, 0.05) is 17.3 Å². The van der Waals surface area contributed by atoms with Crippen molar-refractivity contribution < 1.29 is 35.9 Å². The number of hydrogen-bond donors (Lipinski definition) is 0. The average molecular weight is 421 g/mol. The summed E-state index contributed by atoms with van der Waals surface area (Å²) in [6.45, 7) is -0.434. The van der Waals surface area contributed by atoms with Gasteiger partial charge in [-0.3, -0.25) is 4.79 Å². The number of ether oxygens (including phenoxy) is 1. The number of halogens is 5. The molecule has 2 aliphatic rings. The number of hydrogen-bond acceptors (Lipinski definition) is 3. The number of carbonyl (C=O) groups excluding carboxylic acids is 1. The van der Waals surface area contributed by atoms with Crippen LogP contribution in [0.2, 0.25) is 0 Å². The van der Waals surface area contributed by atoms with Gasteiger partial charge in [-0.1, -0.05) is 18.2 Å². The lowest BCUT2D eigenvalue weighted by molar-refractivity contribution is -0.153. The molecule has 154 valence electrons. The van der Waals surface area contributed by atoms with Gasteiger partial charge < -0.3 is 14.1 Å². The van der Waals surface area contributed by atoms with Crippen molar-refractivity contribution in [2.45, 2.75) is 18.1 Å². The molecule has 2 aliphatic heterocycles. The molecule has 1 amide bonds. The summed E-state index contributed by atoms with van der Waals surface area (Å²) in [7, 11) is 0. The Morgan fingerprint density at radius 1 is 1.00 bits per heavy atom. The molecule has 3 aromatic rings. The summed E-state index contributed by atoms with van der Waals surface area (Å²) >= 11 is 0. The van der Waals surface area contributed by atoms with Crippen molar-refractivity contribution in [2.75, 3.05) is 11.5 Å². The minimum atomic E-state index is -4.65. The zero-order valence-corrected chi connectivity index (χ0v) is 15.1. The third-order valence-corrected chi connectivity index (χ3v) is 5.45. The van der Waals surface area contributed by atoms with Crippen molar-refractivity contribution in [2.24, 2.45) is 0 Å². The van der Waals surface area contributed by atoms with Crippen molar-refractivity contribution in [3.8, 4) is 5.75 Å². The quantitative estimate of drug-likeness (QED) is 0.559. The zero-order chi connectivity index (χ0) is 21.3. The monoisotopic (exact) mass is 421 g/mol. The van der Waals surface area contributed by atoms with E-state index in [2.05, 4.69) is 0 Å². The Labute approximate surface area is 166 Å². The van der Waals surface area contributed by atoms with Gasteiger partial charge >= 0.3 is 6.18 Å². The maximum absolute atomic E-state index is 14.0. The number of rotatable bonds is 2. The number of benzene rings is 2. The number of carbonyl (C=O) groups is 1. The minimum absolute atomic E-state index is 0.0521. The molecule has 3 heterocycles. The van der Waals surface area contributed by atoms with Gasteiger partial charge in [0.1, 0.15) is 23.5 Å². The summed E-state index contributed by atoms with van der Waals surface area (Å²) in [5.41, 5.74) is -0.298. The lowest BCUT2D eigenvalue weighted by Crippen LogP contribution is -2.42. The molecular weight excluding hydrogens is 409 g/mol. The van der Waals surface area contributed by atoms with Crippen LogP contribution < -0.4 is 9.64 Å². The van der Waals surface area contributed by atoms with Crippen LogP contribution in [0.1, 0.15) is 22.6 Å². The highest BCUT2D eigenvalue weighted by Gasteiger charge is 2.57. The van der Waals surface area contributed by atoms with Gasteiger partial charge in [0.05, 0.1) is 6.54 Å². The predicted octanol–water partition coefficient (Wildman–Crippen LogP) is 4.80. The Hall–Kier alpha value is -3.36. The van der Waals surface area contributed by atoms with E-state index in [0.29, 0.717) is 11.3 Å². The zero-order valence-electron chi connectivity index (χ0n) is 15.1. The molecule has 9 heteroatoms. The van der Waals surface area contributed by atoms with Gasteiger partial charge in [-0.05, 0) is 29.8 Å². The summed E-state index contributed by atoms with van der Waals surface area (Å²) in [5, 5.41) is 0. The van der Waals surface area contributed by atoms with Crippen LogP contribution in [0, 0.1) is 11.6 Å². The Kier molecular flexibility index (Phi) is 3.77. The Balaban J connectivity index is 1.60. The highest BCUT2D eigenvalue weighted by atomic mass is 19.4. The van der Waals surface area contributed by atoms with Crippen LogP contribution in [-0.2, 0) is 22.9 Å². The van der Waals surface area contributed by atoms with E-state index in [4.69, 9.17) is 9.15 Å². The van der Waals surface area contributed by atoms with E-state index < -0.39 is 34.9 Å². The molecule has 0 saturated heterocycles. The van der Waals surface area contributed by atoms with E-state index in [0.717, 1.165) is 24.3 Å². The second-order valence-electron chi connectivity index (χ2n) is 7.13. The topological polar surface area (TPSA) is 42.7 Å². The van der Waals surface area contributed by atoms with Crippen LogP contribution in [0.3, 0.4) is 0 Å². The standard InChI is InChI=1S/C21H12F5NO3/c22-14-7-13-17(8-15(14)23)29-10-20(13)12-3-1-2-4-16(12)27(19(20)28)9-11-5-6-18(30-11)21(24,25)26/h1-8H,9-10H2/t20-/m1/s1. The number of furan rings is 1. The molecule has 30 heavy (non-hydrogen) atoms. The van der Waals surface area contributed by atoms with Crippen molar-refractivity contribution in [1.82, 2.24) is 0 Å². The number of amides is 1. The molecule has 0 radical (unpaired) electrons. The number of nitrogens with zero attached hydrogens (tertiary/aromatic N) is 1. The first-order valence-electron chi connectivity index (χ1n) is 8.91. The molecule has 0 N–H and O–H groups in total. The van der Waals surface area contributed by atoms with E-state index in [1.807, 2.05) is 0 Å². The van der Waals surface area contributed by atoms with Crippen LogP contribution in [0.25, 0.3) is 0 Å². The highest BCUT2D eigenvalue weighted by molar-refractivity contribution is 6.11. The minimum Gasteiger partial charge on any atom is -0.491 e. The second kappa shape index (κ2) is 6.07. The maximum atomic E-state index is 14.0. The highest BCUT2D eigenvalue weighted by Crippen LogP contribution is 2.53. The Morgan fingerprint density at radius 3 is 2.47 bits per heavy atom. The third kappa shape index (κ3) is 2.47. The van der Waals surface area contributed by atoms with Gasteiger partial charge in [0.25, 0.3) is 0 Å². The molecule has 0 bridgehead atoms. The van der Waals surface area contributed by atoms with Crippen molar-refractivity contribution in [3.63, 3.8) is 0 Å². The number of alkyl halides is 3. The van der Waals surface area contributed by atoms with Crippen LogP contribution >= 0.6 is 0 Å². The van der Waals surface area contributed by atoms with E-state index in [1.165, 1.54) is 4.90 Å². The smallest absolute Gasteiger partial charge is 0.449 e. The summed E-state index contributed by atoms with van der Waals surface area (Å²) in [6, 6.07) is 10.4. The average Bonchev–Trinajstić information content (AvgIpc) is 3.37. The van der Waals surface area contributed by atoms with E-state index >= 15 is 0 Å². The Bertz CT molecular complexity index is 1190. The Morgan fingerprint density at radius 2 is 1.73 bits per heavy atom. The summed E-state index contributed by atoms with van der Waals surface area (Å²) in [5.74, 6) is -3.92. The van der Waals surface area contributed by atoms with Gasteiger partial charge in [-0.15, -0.1) is 0 Å². The van der Waals surface area contributed by atoms with E-state index in [-0.39, 0.29) is 30.2 Å². The second-order valence-corrected chi connectivity index (χ2v) is 7.13. The first kappa shape index (κ1) is 18.7. The lowest BCUT2D eigenvalue weighted by Gasteiger charge is -2.22. The van der Waals surface area contributed by atoms with Crippen molar-refractivity contribution in [1.29, 1.82) is 0 Å². The molecule has 0 unspecified atom stereocenters.